The zero-order valence-corrected chi connectivity index (χ0v) is 45.8. The van der Waals surface area contributed by atoms with E-state index >= 15 is 0 Å². The Bertz CT molecular complexity index is 1250. The van der Waals surface area contributed by atoms with Gasteiger partial charge in [0.25, 0.3) is 0 Å². The van der Waals surface area contributed by atoms with E-state index in [0.717, 1.165) is 116 Å². The van der Waals surface area contributed by atoms with Gasteiger partial charge in [0.1, 0.15) is 13.2 Å². The molecule has 0 saturated heterocycles. The third kappa shape index (κ3) is 55.9. The molecule has 0 bridgehead atoms. The summed E-state index contributed by atoms with van der Waals surface area (Å²) in [6, 6.07) is 0. The Balaban J connectivity index is 4.24. The average Bonchev–Trinajstić information content (AvgIpc) is 3.35. The van der Waals surface area contributed by atoms with Crippen molar-refractivity contribution < 1.29 is 28.6 Å². The molecule has 0 aromatic heterocycles. The fraction of sp³-hybridized carbons (Fsp3) is 0.794. The smallest absolute Gasteiger partial charge is 0.306 e. The number of rotatable bonds is 54. The van der Waals surface area contributed by atoms with Crippen molar-refractivity contribution in [3.8, 4) is 0 Å². The normalized spacial score (nSPS) is 12.4. The first-order chi connectivity index (χ1) is 34.0. The van der Waals surface area contributed by atoms with Crippen molar-refractivity contribution in [2.75, 3.05) is 13.2 Å². The van der Waals surface area contributed by atoms with Crippen LogP contribution in [0.15, 0.2) is 60.8 Å². The lowest BCUT2D eigenvalue weighted by Crippen LogP contribution is -2.30. The van der Waals surface area contributed by atoms with E-state index in [0.29, 0.717) is 19.3 Å². The molecule has 0 aliphatic heterocycles. The van der Waals surface area contributed by atoms with E-state index in [9.17, 15) is 14.4 Å². The van der Waals surface area contributed by atoms with Crippen LogP contribution in [0.1, 0.15) is 303 Å². The van der Waals surface area contributed by atoms with E-state index in [-0.39, 0.29) is 31.1 Å². The van der Waals surface area contributed by atoms with Gasteiger partial charge in [-0.25, -0.2) is 0 Å². The molecule has 0 aromatic carbocycles. The van der Waals surface area contributed by atoms with Gasteiger partial charge in [-0.2, -0.15) is 0 Å². The van der Waals surface area contributed by atoms with E-state index in [1.54, 1.807) is 0 Å². The maximum absolute atomic E-state index is 12.8. The molecule has 0 heterocycles. The van der Waals surface area contributed by atoms with Crippen molar-refractivity contribution in [3.63, 3.8) is 0 Å². The number of carbonyl (C=O) groups is 3. The second-order valence-corrected chi connectivity index (χ2v) is 19.9. The number of hydrogen-bond acceptors (Lipinski definition) is 6. The SMILES string of the molecule is CCC/C=C\C/C=C\CCCCCCCC(=O)OCC(COC(=O)CCCCCCCCCCCCCCC/C=C\CCCCCCCCCC)OC(=O)CCCCCCC/C=C\C/C=C\CCC. The first kappa shape index (κ1) is 66.1. The molecule has 0 rings (SSSR count). The molecule has 0 radical (unpaired) electrons. The molecule has 1 unspecified atom stereocenters. The first-order valence-electron chi connectivity index (χ1n) is 29.8. The van der Waals surface area contributed by atoms with Gasteiger partial charge >= 0.3 is 17.9 Å². The van der Waals surface area contributed by atoms with Crippen LogP contribution in [0.4, 0.5) is 0 Å². The van der Waals surface area contributed by atoms with Crippen LogP contribution in [0.2, 0.25) is 0 Å². The summed E-state index contributed by atoms with van der Waals surface area (Å²) < 4.78 is 16.8. The van der Waals surface area contributed by atoms with Gasteiger partial charge in [0.2, 0.25) is 0 Å². The zero-order valence-electron chi connectivity index (χ0n) is 45.8. The minimum atomic E-state index is -0.786. The lowest BCUT2D eigenvalue weighted by molar-refractivity contribution is -0.167. The molecule has 0 spiro atoms. The van der Waals surface area contributed by atoms with Crippen LogP contribution in [0, 0.1) is 0 Å². The molecule has 0 amide bonds. The van der Waals surface area contributed by atoms with Gasteiger partial charge in [0.15, 0.2) is 6.10 Å². The van der Waals surface area contributed by atoms with Crippen LogP contribution < -0.4 is 0 Å². The first-order valence-corrected chi connectivity index (χ1v) is 29.8. The highest BCUT2D eigenvalue weighted by molar-refractivity contribution is 5.71. The van der Waals surface area contributed by atoms with E-state index in [1.165, 1.54) is 148 Å². The van der Waals surface area contributed by atoms with Crippen LogP contribution in [0.5, 0.6) is 0 Å². The fourth-order valence-corrected chi connectivity index (χ4v) is 8.46. The lowest BCUT2D eigenvalue weighted by Gasteiger charge is -2.18. The zero-order chi connectivity index (χ0) is 50.0. The number of ether oxygens (including phenoxy) is 3. The maximum Gasteiger partial charge on any atom is 0.306 e. The molecule has 0 N–H and O–H groups in total. The predicted octanol–water partition coefficient (Wildman–Crippen LogP) is 20.0. The second-order valence-electron chi connectivity index (χ2n) is 19.9. The van der Waals surface area contributed by atoms with Crippen molar-refractivity contribution in [1.29, 1.82) is 0 Å². The third-order valence-electron chi connectivity index (χ3n) is 12.9. The number of hydrogen-bond donors (Lipinski definition) is 0. The molecule has 400 valence electrons. The van der Waals surface area contributed by atoms with Gasteiger partial charge in [-0.1, -0.05) is 248 Å². The largest absolute Gasteiger partial charge is 0.462 e. The van der Waals surface area contributed by atoms with Crippen molar-refractivity contribution >= 4 is 17.9 Å². The quantitative estimate of drug-likeness (QED) is 0.0262. The van der Waals surface area contributed by atoms with Gasteiger partial charge in [0.05, 0.1) is 0 Å². The minimum absolute atomic E-state index is 0.0833. The molecular weight excluding hydrogens is 853 g/mol. The number of allylic oxidation sites excluding steroid dienone is 10. The predicted molar refractivity (Wildman–Crippen MR) is 298 cm³/mol. The standard InChI is InChI=1S/C63H112O6/c1-4-7-10-13-16-19-22-25-26-27-28-29-30-31-32-33-34-35-36-39-41-44-47-50-53-56-62(65)68-59-60(69-63(66)57-54-51-48-45-42-38-24-21-18-15-12-9-6-3)58-67-61(64)55-52-49-46-43-40-37-23-20-17-14-11-8-5-2/h11-12,14-15,20-21,23-24,27-28,60H,4-10,13,16-19,22,25-26,29-59H2,1-3H3/b14-11-,15-12-,23-20-,24-21-,28-27-. The van der Waals surface area contributed by atoms with E-state index < -0.39 is 6.10 Å². The fourth-order valence-electron chi connectivity index (χ4n) is 8.46. The van der Waals surface area contributed by atoms with Gasteiger partial charge in [-0.15, -0.1) is 0 Å². The summed E-state index contributed by atoms with van der Waals surface area (Å²) in [5.74, 6) is -0.903. The van der Waals surface area contributed by atoms with E-state index in [4.69, 9.17) is 14.2 Å². The highest BCUT2D eigenvalue weighted by Crippen LogP contribution is 2.16. The number of unbranched alkanes of at least 4 members (excludes halogenated alkanes) is 33. The minimum Gasteiger partial charge on any atom is -0.462 e. The van der Waals surface area contributed by atoms with Crippen LogP contribution in [0.3, 0.4) is 0 Å². The third-order valence-corrected chi connectivity index (χ3v) is 12.9. The Morgan fingerprint density at radius 3 is 0.870 bits per heavy atom. The molecule has 0 aliphatic carbocycles. The average molecular weight is 966 g/mol. The second kappa shape index (κ2) is 57.7. The summed E-state index contributed by atoms with van der Waals surface area (Å²) in [5, 5.41) is 0. The van der Waals surface area contributed by atoms with Crippen molar-refractivity contribution in [2.45, 2.75) is 309 Å². The Hall–Kier alpha value is -2.89. The molecule has 0 aromatic rings. The topological polar surface area (TPSA) is 78.9 Å². The Kier molecular flexibility index (Phi) is 55.3. The molecule has 0 fully saturated rings. The van der Waals surface area contributed by atoms with Crippen LogP contribution in [0.25, 0.3) is 0 Å². The van der Waals surface area contributed by atoms with Gasteiger partial charge in [-0.3, -0.25) is 14.4 Å². The molecule has 6 heteroatoms. The summed E-state index contributed by atoms with van der Waals surface area (Å²) in [4.78, 5) is 38.1. The van der Waals surface area contributed by atoms with E-state index in [1.807, 2.05) is 0 Å². The van der Waals surface area contributed by atoms with Crippen molar-refractivity contribution in [1.82, 2.24) is 0 Å². The van der Waals surface area contributed by atoms with Crippen molar-refractivity contribution in [3.05, 3.63) is 60.8 Å². The highest BCUT2D eigenvalue weighted by atomic mass is 16.6. The maximum atomic E-state index is 12.8. The van der Waals surface area contributed by atoms with Gasteiger partial charge < -0.3 is 14.2 Å². The van der Waals surface area contributed by atoms with Gasteiger partial charge in [-0.05, 0) is 96.3 Å². The molecule has 69 heavy (non-hydrogen) atoms. The summed E-state index contributed by atoms with van der Waals surface area (Å²) in [7, 11) is 0. The number of esters is 3. The molecular formula is C63H112O6. The Labute approximate surface area is 428 Å². The van der Waals surface area contributed by atoms with Gasteiger partial charge in [0, 0.05) is 19.3 Å². The highest BCUT2D eigenvalue weighted by Gasteiger charge is 2.19. The summed E-state index contributed by atoms with van der Waals surface area (Å²) in [6.07, 6.45) is 72.3. The monoisotopic (exact) mass is 965 g/mol. The Morgan fingerprint density at radius 1 is 0.290 bits per heavy atom. The Morgan fingerprint density at radius 2 is 0.551 bits per heavy atom. The molecule has 0 aliphatic rings. The van der Waals surface area contributed by atoms with Crippen molar-refractivity contribution in [2.24, 2.45) is 0 Å². The number of carbonyl (C=O) groups excluding carboxylic acids is 3. The lowest BCUT2D eigenvalue weighted by atomic mass is 10.0. The summed E-state index contributed by atoms with van der Waals surface area (Å²) in [6.45, 7) is 6.51. The molecule has 1 atom stereocenters. The van der Waals surface area contributed by atoms with Crippen LogP contribution in [-0.4, -0.2) is 37.2 Å². The summed E-state index contributed by atoms with van der Waals surface area (Å²) in [5.41, 5.74) is 0. The van der Waals surface area contributed by atoms with E-state index in [2.05, 4.69) is 81.5 Å². The molecule has 0 saturated carbocycles. The van der Waals surface area contributed by atoms with Crippen LogP contribution in [-0.2, 0) is 28.6 Å². The summed E-state index contributed by atoms with van der Waals surface area (Å²) >= 11 is 0. The van der Waals surface area contributed by atoms with Crippen LogP contribution >= 0.6 is 0 Å². The molecule has 6 nitrogen and oxygen atoms in total.